The lowest BCUT2D eigenvalue weighted by Gasteiger charge is -2.37. The molecule has 27 heavy (non-hydrogen) atoms. The van der Waals surface area contributed by atoms with Crippen LogP contribution < -0.4 is 14.9 Å². The van der Waals surface area contributed by atoms with Gasteiger partial charge in [-0.1, -0.05) is 12.1 Å². The number of esters is 1. The normalized spacial score (nSPS) is 18.0. The first-order valence-corrected chi connectivity index (χ1v) is 8.73. The van der Waals surface area contributed by atoms with Crippen LogP contribution in [0.15, 0.2) is 39.5 Å². The summed E-state index contributed by atoms with van der Waals surface area (Å²) in [5, 5.41) is 0.778. The van der Waals surface area contributed by atoms with Gasteiger partial charge in [0.25, 0.3) is 0 Å². The summed E-state index contributed by atoms with van der Waals surface area (Å²) in [4.78, 5) is 24.8. The maximum Gasteiger partial charge on any atom is 0.303 e. The van der Waals surface area contributed by atoms with E-state index in [1.807, 2.05) is 19.9 Å². The number of methoxy groups -OCH3 is 1. The summed E-state index contributed by atoms with van der Waals surface area (Å²) in [7, 11) is 1.48. The number of hydrogen-bond donors (Lipinski definition) is 0. The summed E-state index contributed by atoms with van der Waals surface area (Å²) in [5.74, 6) is 0.403. The third kappa shape index (κ3) is 2.81. The van der Waals surface area contributed by atoms with E-state index in [0.29, 0.717) is 45.4 Å². The molecule has 1 aliphatic heterocycles. The number of para-hydroxylation sites is 1. The Morgan fingerprint density at radius 2 is 1.96 bits per heavy atom. The minimum absolute atomic E-state index is 0.196. The second-order valence-corrected chi connectivity index (χ2v) is 7.29. The second kappa shape index (κ2) is 6.01. The van der Waals surface area contributed by atoms with Crippen LogP contribution in [0.3, 0.4) is 0 Å². The molecule has 0 spiro atoms. The Hall–Kier alpha value is -3.02. The largest absolute Gasteiger partial charge is 0.495 e. The highest BCUT2D eigenvalue weighted by atomic mass is 16.6. The van der Waals surface area contributed by atoms with E-state index in [-0.39, 0.29) is 5.43 Å². The zero-order valence-corrected chi connectivity index (χ0v) is 15.6. The zero-order chi connectivity index (χ0) is 19.3. The molecule has 6 heteroatoms. The average molecular weight is 368 g/mol. The molecule has 6 nitrogen and oxygen atoms in total. The fourth-order valence-corrected chi connectivity index (χ4v) is 3.71. The van der Waals surface area contributed by atoms with Gasteiger partial charge in [-0.15, -0.1) is 0 Å². The molecule has 0 saturated heterocycles. The summed E-state index contributed by atoms with van der Waals surface area (Å²) in [6, 6.07) is 8.72. The molecule has 2 aromatic carbocycles. The standard InChI is InChI=1S/C21H20O6/c1-11(22)25-16-10-21(2,3)27-15-9-14-18(20(24-4)17(15)16)19(23)12-7-5-6-8-13(12)26-14/h5-9,16H,10H2,1-4H3/t16-/m0/s1. The first-order valence-electron chi connectivity index (χ1n) is 8.73. The molecule has 0 fully saturated rings. The van der Waals surface area contributed by atoms with Crippen LogP contribution in [0.4, 0.5) is 0 Å². The van der Waals surface area contributed by atoms with Crippen molar-refractivity contribution in [3.8, 4) is 11.5 Å². The van der Waals surface area contributed by atoms with Crippen molar-refractivity contribution >= 4 is 27.9 Å². The maximum absolute atomic E-state index is 13.1. The molecule has 0 unspecified atom stereocenters. The lowest BCUT2D eigenvalue weighted by molar-refractivity contribution is -0.150. The summed E-state index contributed by atoms with van der Waals surface area (Å²) >= 11 is 0. The van der Waals surface area contributed by atoms with Gasteiger partial charge in [0.15, 0.2) is 0 Å². The summed E-state index contributed by atoms with van der Waals surface area (Å²) < 4.78 is 23.2. The van der Waals surface area contributed by atoms with Crippen LogP contribution in [0.5, 0.6) is 11.5 Å². The van der Waals surface area contributed by atoms with Gasteiger partial charge in [0, 0.05) is 19.4 Å². The summed E-state index contributed by atoms with van der Waals surface area (Å²) in [5.41, 5.74) is 0.667. The summed E-state index contributed by atoms with van der Waals surface area (Å²) in [6.07, 6.45) is -0.133. The van der Waals surface area contributed by atoms with Gasteiger partial charge in [-0.2, -0.15) is 0 Å². The van der Waals surface area contributed by atoms with E-state index in [0.717, 1.165) is 0 Å². The van der Waals surface area contributed by atoms with Gasteiger partial charge in [-0.3, -0.25) is 9.59 Å². The van der Waals surface area contributed by atoms with E-state index in [1.165, 1.54) is 14.0 Å². The number of fused-ring (bicyclic) bond motifs is 3. The van der Waals surface area contributed by atoms with Crippen LogP contribution >= 0.6 is 0 Å². The zero-order valence-electron chi connectivity index (χ0n) is 15.6. The number of ether oxygens (including phenoxy) is 3. The topological polar surface area (TPSA) is 75.0 Å². The molecule has 0 aliphatic carbocycles. The van der Waals surface area contributed by atoms with E-state index < -0.39 is 17.7 Å². The Morgan fingerprint density at radius 3 is 2.67 bits per heavy atom. The number of hydrogen-bond acceptors (Lipinski definition) is 6. The van der Waals surface area contributed by atoms with Crippen LogP contribution in [-0.4, -0.2) is 18.7 Å². The fraction of sp³-hybridized carbons (Fsp3) is 0.333. The molecule has 0 bridgehead atoms. The highest BCUT2D eigenvalue weighted by Crippen LogP contribution is 2.48. The van der Waals surface area contributed by atoms with Crippen molar-refractivity contribution in [1.29, 1.82) is 0 Å². The van der Waals surface area contributed by atoms with Gasteiger partial charge in [-0.05, 0) is 26.0 Å². The minimum Gasteiger partial charge on any atom is -0.495 e. The van der Waals surface area contributed by atoms with E-state index in [9.17, 15) is 9.59 Å². The highest BCUT2D eigenvalue weighted by molar-refractivity contribution is 5.95. The van der Waals surface area contributed by atoms with Crippen LogP contribution in [0.2, 0.25) is 0 Å². The quantitative estimate of drug-likeness (QED) is 0.500. The number of carbonyl (C=O) groups is 1. The lowest BCUT2D eigenvalue weighted by atomic mass is 9.89. The molecule has 0 N–H and O–H groups in total. The molecule has 3 aromatic rings. The molecule has 0 saturated carbocycles. The fourth-order valence-electron chi connectivity index (χ4n) is 3.71. The monoisotopic (exact) mass is 368 g/mol. The Bertz CT molecular complexity index is 1120. The van der Waals surface area contributed by atoms with Crippen LogP contribution in [0.25, 0.3) is 21.9 Å². The van der Waals surface area contributed by atoms with E-state index >= 15 is 0 Å². The molecule has 0 amide bonds. The van der Waals surface area contributed by atoms with Crippen LogP contribution in [0.1, 0.15) is 38.9 Å². The molecular formula is C21H20O6. The van der Waals surface area contributed by atoms with Gasteiger partial charge in [0.05, 0.1) is 18.1 Å². The van der Waals surface area contributed by atoms with Gasteiger partial charge in [-0.25, -0.2) is 0 Å². The molecule has 2 heterocycles. The SMILES string of the molecule is COc1c2c(cc3oc4ccccc4c(=O)c13)OC(C)(C)C[C@@H]2OC(C)=O. The predicted octanol–water partition coefficient (Wildman–Crippen LogP) is 4.12. The first kappa shape index (κ1) is 17.4. The highest BCUT2D eigenvalue weighted by Gasteiger charge is 2.39. The van der Waals surface area contributed by atoms with E-state index in [4.69, 9.17) is 18.6 Å². The van der Waals surface area contributed by atoms with Gasteiger partial charge in [0.1, 0.15) is 39.8 Å². The van der Waals surface area contributed by atoms with Crippen molar-refractivity contribution in [3.05, 3.63) is 46.1 Å². The van der Waals surface area contributed by atoms with Crippen molar-refractivity contribution in [2.75, 3.05) is 7.11 Å². The smallest absolute Gasteiger partial charge is 0.303 e. The van der Waals surface area contributed by atoms with Crippen molar-refractivity contribution in [2.24, 2.45) is 0 Å². The van der Waals surface area contributed by atoms with Crippen LogP contribution in [0, 0.1) is 0 Å². The van der Waals surface area contributed by atoms with E-state index in [1.54, 1.807) is 24.3 Å². The Balaban J connectivity index is 2.10. The Labute approximate surface area is 155 Å². The lowest BCUT2D eigenvalue weighted by Crippen LogP contribution is -2.36. The molecular weight excluding hydrogens is 348 g/mol. The molecule has 1 aromatic heterocycles. The Kier molecular flexibility index (Phi) is 3.87. The number of carbonyl (C=O) groups excluding carboxylic acids is 1. The average Bonchev–Trinajstić information content (AvgIpc) is 2.58. The molecule has 140 valence electrons. The third-order valence-electron chi connectivity index (χ3n) is 4.72. The van der Waals surface area contributed by atoms with Gasteiger partial charge in [0.2, 0.25) is 5.43 Å². The first-order chi connectivity index (χ1) is 12.8. The predicted molar refractivity (Wildman–Crippen MR) is 100 cm³/mol. The third-order valence-corrected chi connectivity index (χ3v) is 4.72. The van der Waals surface area contributed by atoms with Crippen LogP contribution in [-0.2, 0) is 9.53 Å². The van der Waals surface area contributed by atoms with Crippen molar-refractivity contribution in [3.63, 3.8) is 0 Å². The number of rotatable bonds is 2. The molecule has 0 radical (unpaired) electrons. The molecule has 4 rings (SSSR count). The van der Waals surface area contributed by atoms with Crippen molar-refractivity contribution < 1.29 is 23.4 Å². The van der Waals surface area contributed by atoms with Gasteiger partial charge < -0.3 is 18.6 Å². The minimum atomic E-state index is -0.577. The Morgan fingerprint density at radius 1 is 1.22 bits per heavy atom. The molecule has 1 aliphatic rings. The van der Waals surface area contributed by atoms with Gasteiger partial charge >= 0.3 is 5.97 Å². The van der Waals surface area contributed by atoms with E-state index in [2.05, 4.69) is 0 Å². The molecule has 1 atom stereocenters. The number of benzene rings is 2. The second-order valence-electron chi connectivity index (χ2n) is 7.29. The van der Waals surface area contributed by atoms with Crippen molar-refractivity contribution in [2.45, 2.75) is 38.9 Å². The maximum atomic E-state index is 13.1. The van der Waals surface area contributed by atoms with Crippen molar-refractivity contribution in [1.82, 2.24) is 0 Å². The summed E-state index contributed by atoms with van der Waals surface area (Å²) in [6.45, 7) is 5.19.